The second kappa shape index (κ2) is 16.5. The van der Waals surface area contributed by atoms with Crippen molar-refractivity contribution in [1.29, 1.82) is 0 Å². The van der Waals surface area contributed by atoms with Gasteiger partial charge in [-0.1, -0.05) is 83.1 Å². The molecule has 0 aromatic rings. The Bertz CT molecular complexity index is 528. The fourth-order valence-electron chi connectivity index (χ4n) is 6.71. The van der Waals surface area contributed by atoms with E-state index in [0.29, 0.717) is 53.1 Å². The van der Waals surface area contributed by atoms with Crippen LogP contribution in [0.15, 0.2) is 0 Å². The zero-order valence-electron chi connectivity index (χ0n) is 26.5. The van der Waals surface area contributed by atoms with Crippen molar-refractivity contribution in [2.75, 3.05) is 41.2 Å². The average molecular weight is 567 g/mol. The molecule has 0 radical (unpaired) electrons. The molecule has 0 aliphatic carbocycles. The van der Waals surface area contributed by atoms with Gasteiger partial charge < -0.3 is 26.9 Å². The van der Waals surface area contributed by atoms with Gasteiger partial charge in [0, 0.05) is 34.0 Å². The van der Waals surface area contributed by atoms with E-state index < -0.39 is 25.4 Å². The predicted octanol–water partition coefficient (Wildman–Crippen LogP) is 8.02. The summed E-state index contributed by atoms with van der Waals surface area (Å²) in [7, 11) is -1.70. The van der Waals surface area contributed by atoms with Crippen LogP contribution in [0.4, 0.5) is 0 Å². The minimum absolute atomic E-state index is 0.0683. The molecule has 0 bridgehead atoms. The summed E-state index contributed by atoms with van der Waals surface area (Å²) in [6, 6.07) is 0.727. The number of rotatable bonds is 20. The summed E-state index contributed by atoms with van der Waals surface area (Å²) in [6.07, 6.45) is 0.750. The van der Waals surface area contributed by atoms with Gasteiger partial charge in [0.15, 0.2) is 8.32 Å². The maximum Gasteiger partial charge on any atom is 0.500 e. The second-order valence-electron chi connectivity index (χ2n) is 12.2. The van der Waals surface area contributed by atoms with Gasteiger partial charge in [-0.3, -0.25) is 0 Å². The molecule has 1 unspecified atom stereocenters. The quantitative estimate of drug-likeness (QED) is 0.110. The first-order valence-corrected chi connectivity index (χ1v) is 20.4. The summed E-state index contributed by atoms with van der Waals surface area (Å²) in [5.74, 6) is 0. The molecule has 36 heavy (non-hydrogen) atoms. The number of ether oxygens (including phenoxy) is 1. The minimum atomic E-state index is -2.58. The monoisotopic (exact) mass is 566 g/mol. The Balaban J connectivity index is 5.75. The molecule has 0 saturated carbocycles. The Kier molecular flexibility index (Phi) is 16.7. The number of hydrogen-bond acceptors (Lipinski definition) is 6. The van der Waals surface area contributed by atoms with E-state index in [1.165, 1.54) is 0 Å². The smallest absolute Gasteiger partial charge is 0.413 e. The Morgan fingerprint density at radius 1 is 0.528 bits per heavy atom. The third kappa shape index (κ3) is 8.98. The Labute approximate surface area is 228 Å². The van der Waals surface area contributed by atoms with Gasteiger partial charge in [-0.15, -0.1) is 0 Å². The Hall–Kier alpha value is 0.411. The first-order valence-electron chi connectivity index (χ1n) is 14.2. The zero-order valence-corrected chi connectivity index (χ0v) is 29.5. The molecule has 0 aliphatic heterocycles. The van der Waals surface area contributed by atoms with E-state index in [1.807, 2.05) is 0 Å². The van der Waals surface area contributed by atoms with Gasteiger partial charge in [-0.2, -0.15) is 0 Å². The SMILES string of the molecule is CO[Si](CCCOCC(CO[Si](C(C)C)(C(C)C)C(C)C)O[Si](C(C)C)(C(C)C)C(C)C)(OC)OC. The molecule has 0 rings (SSSR count). The first kappa shape index (κ1) is 36.4. The Morgan fingerprint density at radius 3 is 1.25 bits per heavy atom. The van der Waals surface area contributed by atoms with Crippen molar-refractivity contribution >= 4 is 25.4 Å². The summed E-state index contributed by atoms with van der Waals surface area (Å²) in [4.78, 5) is 0. The van der Waals surface area contributed by atoms with Crippen LogP contribution in [0.3, 0.4) is 0 Å². The van der Waals surface area contributed by atoms with Crippen LogP contribution >= 0.6 is 0 Å². The predicted molar refractivity (Wildman–Crippen MR) is 160 cm³/mol. The van der Waals surface area contributed by atoms with Crippen LogP contribution in [-0.4, -0.2) is 72.7 Å². The topological polar surface area (TPSA) is 55.4 Å². The van der Waals surface area contributed by atoms with Gasteiger partial charge in [-0.05, 0) is 39.7 Å². The molecule has 1 atom stereocenters. The normalized spacial score (nSPS) is 14.9. The van der Waals surface area contributed by atoms with E-state index in [4.69, 9.17) is 26.9 Å². The Morgan fingerprint density at radius 2 is 0.917 bits per heavy atom. The largest absolute Gasteiger partial charge is 0.500 e. The van der Waals surface area contributed by atoms with Gasteiger partial charge in [0.25, 0.3) is 0 Å². The summed E-state index contributed by atoms with van der Waals surface area (Å²) < 4.78 is 37.2. The highest BCUT2D eigenvalue weighted by Crippen LogP contribution is 2.45. The molecule has 0 heterocycles. The summed E-state index contributed by atoms with van der Waals surface area (Å²) in [5, 5.41) is 0. The van der Waals surface area contributed by atoms with Crippen LogP contribution in [0, 0.1) is 0 Å². The van der Waals surface area contributed by atoms with Crippen LogP contribution in [0.1, 0.15) is 89.5 Å². The molecule has 9 heteroatoms. The van der Waals surface area contributed by atoms with Crippen molar-refractivity contribution in [1.82, 2.24) is 0 Å². The molecular formula is C27H62O6Si3. The van der Waals surface area contributed by atoms with Crippen LogP contribution in [-0.2, 0) is 26.9 Å². The summed E-state index contributed by atoms with van der Waals surface area (Å²) in [5.41, 5.74) is 3.15. The lowest BCUT2D eigenvalue weighted by atomic mass is 10.4. The van der Waals surface area contributed by atoms with Crippen molar-refractivity contribution in [2.45, 2.75) is 135 Å². The lowest BCUT2D eigenvalue weighted by Gasteiger charge is -2.46. The minimum Gasteiger partial charge on any atom is -0.413 e. The molecule has 0 spiro atoms. The van der Waals surface area contributed by atoms with E-state index >= 15 is 0 Å². The van der Waals surface area contributed by atoms with Gasteiger partial charge in [0.2, 0.25) is 8.32 Å². The van der Waals surface area contributed by atoms with Gasteiger partial charge >= 0.3 is 8.80 Å². The van der Waals surface area contributed by atoms with E-state index in [2.05, 4.69) is 83.1 Å². The summed E-state index contributed by atoms with van der Waals surface area (Å²) >= 11 is 0. The van der Waals surface area contributed by atoms with Crippen molar-refractivity contribution in [2.24, 2.45) is 0 Å². The molecule has 0 saturated heterocycles. The molecule has 0 aromatic carbocycles. The lowest BCUT2D eigenvalue weighted by molar-refractivity contribution is 0.0119. The van der Waals surface area contributed by atoms with Crippen LogP contribution in [0.5, 0.6) is 0 Å². The highest BCUT2D eigenvalue weighted by Gasteiger charge is 2.49. The molecule has 0 aliphatic rings. The highest BCUT2D eigenvalue weighted by molar-refractivity contribution is 6.78. The van der Waals surface area contributed by atoms with Crippen molar-refractivity contribution in [3.8, 4) is 0 Å². The molecular weight excluding hydrogens is 505 g/mol. The van der Waals surface area contributed by atoms with Crippen LogP contribution in [0.25, 0.3) is 0 Å². The van der Waals surface area contributed by atoms with Crippen molar-refractivity contribution in [3.05, 3.63) is 0 Å². The van der Waals surface area contributed by atoms with E-state index in [9.17, 15) is 0 Å². The third-order valence-corrected chi connectivity index (χ3v) is 23.4. The summed E-state index contributed by atoms with van der Waals surface area (Å²) in [6.45, 7) is 29.8. The number of hydrogen-bond donors (Lipinski definition) is 0. The second-order valence-corrected chi connectivity index (χ2v) is 26.1. The fraction of sp³-hybridized carbons (Fsp3) is 1.00. The maximum atomic E-state index is 7.21. The average Bonchev–Trinajstić information content (AvgIpc) is 2.78. The lowest BCUT2D eigenvalue weighted by Crippen LogP contribution is -2.54. The van der Waals surface area contributed by atoms with Gasteiger partial charge in [-0.25, -0.2) is 0 Å². The van der Waals surface area contributed by atoms with Crippen molar-refractivity contribution < 1.29 is 26.9 Å². The molecule has 0 amide bonds. The van der Waals surface area contributed by atoms with Crippen LogP contribution in [0.2, 0.25) is 39.3 Å². The molecule has 0 fully saturated rings. The van der Waals surface area contributed by atoms with Crippen LogP contribution < -0.4 is 0 Å². The molecule has 0 aromatic heterocycles. The molecule has 0 N–H and O–H groups in total. The fourth-order valence-corrected chi connectivity index (χ4v) is 19.4. The van der Waals surface area contributed by atoms with E-state index in [1.54, 1.807) is 21.3 Å². The van der Waals surface area contributed by atoms with E-state index in [0.717, 1.165) is 12.5 Å². The molecule has 6 nitrogen and oxygen atoms in total. The zero-order chi connectivity index (χ0) is 28.3. The van der Waals surface area contributed by atoms with Gasteiger partial charge in [0.1, 0.15) is 0 Å². The van der Waals surface area contributed by atoms with E-state index in [-0.39, 0.29) is 6.10 Å². The maximum absolute atomic E-state index is 7.21. The van der Waals surface area contributed by atoms with Gasteiger partial charge in [0.05, 0.1) is 19.3 Å². The highest BCUT2D eigenvalue weighted by atomic mass is 28.4. The standard InChI is InChI=1S/C27H62O6Si3/c1-21(2)35(22(3)4,23(5)6)32-20-27(33-36(24(7)8,25(9)10)26(11)12)19-31-17-16-18-34(28-13,29-14)30-15/h21-27H,16-20H2,1-15H3. The molecule has 218 valence electrons. The first-order chi connectivity index (χ1) is 16.6. The van der Waals surface area contributed by atoms with Crippen molar-refractivity contribution in [3.63, 3.8) is 0 Å². The third-order valence-electron chi connectivity index (χ3n) is 8.31.